The summed E-state index contributed by atoms with van der Waals surface area (Å²) in [5.74, 6) is 0.544. The van der Waals surface area contributed by atoms with Crippen LogP contribution in [0, 0.1) is 0 Å². The van der Waals surface area contributed by atoms with Crippen LogP contribution in [0.4, 0.5) is 4.79 Å². The molecule has 1 saturated carbocycles. The number of rotatable bonds is 3. The quantitative estimate of drug-likeness (QED) is 0.879. The van der Waals surface area contributed by atoms with E-state index in [0.717, 1.165) is 30.2 Å². The molecule has 2 rings (SSSR count). The molecule has 2 N–H and O–H groups in total. The molecule has 6 nitrogen and oxygen atoms in total. The molecule has 1 amide bonds. The smallest absolute Gasteiger partial charge is 0.404 e. The highest BCUT2D eigenvalue weighted by atomic mass is 79.9. The maximum Gasteiger partial charge on any atom is 0.404 e. The number of aryl methyl sites for hydroxylation is 1. The van der Waals surface area contributed by atoms with Gasteiger partial charge in [0, 0.05) is 25.4 Å². The van der Waals surface area contributed by atoms with Gasteiger partial charge in [0.25, 0.3) is 5.56 Å². The fraction of sp³-hybridized carbons (Fsp3) is 0.538. The maximum atomic E-state index is 11.6. The van der Waals surface area contributed by atoms with E-state index in [0.29, 0.717) is 5.75 Å². The molecule has 0 saturated heterocycles. The number of ether oxygens (including phenoxy) is 1. The number of hydrogen-bond donors (Lipinski definition) is 2. The number of nitrogens with one attached hydrogen (secondary N) is 1. The minimum absolute atomic E-state index is 0.000525. The lowest BCUT2D eigenvalue weighted by atomic mass is 9.93. The monoisotopic (exact) mass is 344 g/mol. The lowest BCUT2D eigenvalue weighted by Gasteiger charge is -2.29. The van der Waals surface area contributed by atoms with Gasteiger partial charge in [0.1, 0.15) is 5.75 Å². The van der Waals surface area contributed by atoms with Crippen molar-refractivity contribution in [3.05, 3.63) is 27.1 Å². The summed E-state index contributed by atoms with van der Waals surface area (Å²) < 4.78 is 8.06. The molecule has 0 bridgehead atoms. The molecule has 1 aromatic heterocycles. The lowest BCUT2D eigenvalue weighted by molar-refractivity contribution is 0.133. The van der Waals surface area contributed by atoms with E-state index in [2.05, 4.69) is 21.2 Å². The number of carbonyl (C=O) groups is 1. The third-order valence-electron chi connectivity index (χ3n) is 3.44. The Morgan fingerprint density at radius 2 is 2.10 bits per heavy atom. The minimum atomic E-state index is -0.983. The summed E-state index contributed by atoms with van der Waals surface area (Å²) in [6.07, 6.45) is 3.75. The Morgan fingerprint density at radius 3 is 2.70 bits per heavy atom. The minimum Gasteiger partial charge on any atom is -0.489 e. The van der Waals surface area contributed by atoms with Crippen LogP contribution in [0.5, 0.6) is 5.75 Å². The molecule has 1 heterocycles. The van der Waals surface area contributed by atoms with Crippen molar-refractivity contribution in [3.63, 3.8) is 0 Å². The van der Waals surface area contributed by atoms with Crippen LogP contribution in [0.3, 0.4) is 0 Å². The predicted molar refractivity (Wildman–Crippen MR) is 77.2 cm³/mol. The van der Waals surface area contributed by atoms with Crippen molar-refractivity contribution in [2.75, 3.05) is 0 Å². The number of halogens is 1. The summed E-state index contributed by atoms with van der Waals surface area (Å²) in [5, 5.41) is 11.2. The third kappa shape index (κ3) is 3.75. The second kappa shape index (κ2) is 6.30. The van der Waals surface area contributed by atoms with Gasteiger partial charge in [-0.25, -0.2) is 4.79 Å². The average Bonchev–Trinajstić information content (AvgIpc) is 2.37. The van der Waals surface area contributed by atoms with E-state index in [-0.39, 0.29) is 17.7 Å². The number of nitrogens with zero attached hydrogens (tertiary/aromatic N) is 1. The zero-order valence-corrected chi connectivity index (χ0v) is 12.7. The van der Waals surface area contributed by atoms with Gasteiger partial charge in [-0.15, -0.1) is 0 Å². The Balaban J connectivity index is 1.94. The van der Waals surface area contributed by atoms with Crippen LogP contribution in [0.15, 0.2) is 21.5 Å². The SMILES string of the molecule is Cn1cc(Br)c(O[C@H]2CC[C@H](NC(=O)O)CC2)cc1=O. The predicted octanol–water partition coefficient (Wildman–Crippen LogP) is 2.11. The number of amides is 1. The summed E-state index contributed by atoms with van der Waals surface area (Å²) in [6, 6.07) is 1.46. The molecular formula is C13H17BrN2O4. The van der Waals surface area contributed by atoms with Crippen molar-refractivity contribution in [3.8, 4) is 5.75 Å². The summed E-state index contributed by atoms with van der Waals surface area (Å²) in [7, 11) is 1.68. The van der Waals surface area contributed by atoms with Gasteiger partial charge in [0.2, 0.25) is 0 Å². The molecule has 0 spiro atoms. The fourth-order valence-corrected chi connectivity index (χ4v) is 2.86. The molecule has 0 aromatic carbocycles. The van der Waals surface area contributed by atoms with Crippen molar-refractivity contribution in [2.45, 2.75) is 37.8 Å². The van der Waals surface area contributed by atoms with Crippen LogP contribution in [0.1, 0.15) is 25.7 Å². The van der Waals surface area contributed by atoms with Crippen molar-refractivity contribution in [2.24, 2.45) is 7.05 Å². The van der Waals surface area contributed by atoms with Crippen molar-refractivity contribution in [1.82, 2.24) is 9.88 Å². The van der Waals surface area contributed by atoms with Crippen molar-refractivity contribution in [1.29, 1.82) is 0 Å². The van der Waals surface area contributed by atoms with Crippen LogP contribution in [-0.2, 0) is 7.05 Å². The van der Waals surface area contributed by atoms with E-state index in [4.69, 9.17) is 9.84 Å². The highest BCUT2D eigenvalue weighted by Gasteiger charge is 2.24. The summed E-state index contributed by atoms with van der Waals surface area (Å²) in [6.45, 7) is 0. The van der Waals surface area contributed by atoms with Crippen LogP contribution in [0.2, 0.25) is 0 Å². The first-order valence-corrected chi connectivity index (χ1v) is 7.27. The molecule has 0 aliphatic heterocycles. The van der Waals surface area contributed by atoms with Crippen LogP contribution in [-0.4, -0.2) is 27.9 Å². The second-order valence-corrected chi connectivity index (χ2v) is 5.83. The molecule has 1 fully saturated rings. The molecule has 110 valence electrons. The highest BCUT2D eigenvalue weighted by molar-refractivity contribution is 9.10. The van der Waals surface area contributed by atoms with E-state index in [1.807, 2.05) is 0 Å². The first kappa shape index (κ1) is 14.9. The average molecular weight is 345 g/mol. The number of aromatic nitrogens is 1. The van der Waals surface area contributed by atoms with Crippen LogP contribution >= 0.6 is 15.9 Å². The number of pyridine rings is 1. The second-order valence-electron chi connectivity index (χ2n) is 4.98. The van der Waals surface area contributed by atoms with Gasteiger partial charge < -0.3 is 19.7 Å². The maximum absolute atomic E-state index is 11.6. The normalized spacial score (nSPS) is 22.3. The van der Waals surface area contributed by atoms with E-state index in [1.165, 1.54) is 10.6 Å². The largest absolute Gasteiger partial charge is 0.489 e. The van der Waals surface area contributed by atoms with Gasteiger partial charge in [-0.05, 0) is 41.6 Å². The van der Waals surface area contributed by atoms with E-state index in [1.54, 1.807) is 13.2 Å². The molecule has 0 radical (unpaired) electrons. The molecule has 1 aromatic rings. The number of hydrogen-bond acceptors (Lipinski definition) is 3. The molecule has 7 heteroatoms. The van der Waals surface area contributed by atoms with Gasteiger partial charge in [-0.2, -0.15) is 0 Å². The Bertz CT molecular complexity index is 550. The molecular weight excluding hydrogens is 328 g/mol. The summed E-state index contributed by atoms with van der Waals surface area (Å²) in [4.78, 5) is 22.2. The fourth-order valence-electron chi connectivity index (χ4n) is 2.35. The standard InChI is InChI=1S/C13H17BrN2O4/c1-16-7-10(14)11(6-12(16)17)20-9-4-2-8(3-5-9)15-13(18)19/h6-9,15H,2-5H2,1H3,(H,18,19)/t8-,9-. The van der Waals surface area contributed by atoms with E-state index in [9.17, 15) is 9.59 Å². The molecule has 1 aliphatic rings. The van der Waals surface area contributed by atoms with Crippen LogP contribution in [0.25, 0.3) is 0 Å². The Hall–Kier alpha value is -1.50. The highest BCUT2D eigenvalue weighted by Crippen LogP contribution is 2.28. The van der Waals surface area contributed by atoms with Crippen LogP contribution < -0.4 is 15.6 Å². The van der Waals surface area contributed by atoms with Gasteiger partial charge in [0.05, 0.1) is 10.6 Å². The zero-order chi connectivity index (χ0) is 14.7. The van der Waals surface area contributed by atoms with Crippen molar-refractivity contribution < 1.29 is 14.6 Å². The molecule has 20 heavy (non-hydrogen) atoms. The van der Waals surface area contributed by atoms with E-state index >= 15 is 0 Å². The first-order chi connectivity index (χ1) is 9.45. The zero-order valence-electron chi connectivity index (χ0n) is 11.1. The summed E-state index contributed by atoms with van der Waals surface area (Å²) >= 11 is 3.38. The Labute approximate surface area is 124 Å². The van der Waals surface area contributed by atoms with Crippen molar-refractivity contribution >= 4 is 22.0 Å². The van der Waals surface area contributed by atoms with Gasteiger partial charge in [0.15, 0.2) is 0 Å². The molecule has 1 aliphatic carbocycles. The number of carboxylic acid groups (broad SMARTS) is 1. The third-order valence-corrected chi connectivity index (χ3v) is 4.04. The van der Waals surface area contributed by atoms with Gasteiger partial charge in [-0.3, -0.25) is 4.79 Å². The first-order valence-electron chi connectivity index (χ1n) is 6.48. The topological polar surface area (TPSA) is 80.6 Å². The molecule has 0 unspecified atom stereocenters. The Morgan fingerprint density at radius 1 is 1.45 bits per heavy atom. The Kier molecular flexibility index (Phi) is 4.69. The van der Waals surface area contributed by atoms with Gasteiger partial charge >= 0.3 is 6.09 Å². The molecule has 0 atom stereocenters. The van der Waals surface area contributed by atoms with Gasteiger partial charge in [-0.1, -0.05) is 0 Å². The summed E-state index contributed by atoms with van der Waals surface area (Å²) in [5.41, 5.74) is -0.121. The lowest BCUT2D eigenvalue weighted by Crippen LogP contribution is -2.39. The van der Waals surface area contributed by atoms with E-state index < -0.39 is 6.09 Å².